The van der Waals surface area contributed by atoms with E-state index in [4.69, 9.17) is 37.6 Å². The van der Waals surface area contributed by atoms with Crippen molar-refractivity contribution >= 4 is 35.2 Å². The highest BCUT2D eigenvalue weighted by molar-refractivity contribution is 6.39. The quantitative estimate of drug-likeness (QED) is 0.368. The molecule has 0 aliphatic heterocycles. The number of pyridine rings is 1. The van der Waals surface area contributed by atoms with Gasteiger partial charge in [-0.1, -0.05) is 40.5 Å². The van der Waals surface area contributed by atoms with E-state index in [1.54, 1.807) is 19.4 Å². The third-order valence-electron chi connectivity index (χ3n) is 7.69. The Kier molecular flexibility index (Phi) is 5.84. The van der Waals surface area contributed by atoms with Crippen molar-refractivity contribution in [1.82, 2.24) is 19.9 Å². The fourth-order valence-electron chi connectivity index (χ4n) is 5.86. The predicted octanol–water partition coefficient (Wildman–Crippen LogP) is 6.25. The molecule has 3 aromatic heterocycles. The maximum absolute atomic E-state index is 11.1. The van der Waals surface area contributed by atoms with Gasteiger partial charge in [0.05, 0.1) is 16.7 Å². The largest absolute Gasteiger partial charge is 0.478 e. The summed E-state index contributed by atoms with van der Waals surface area (Å²) in [6, 6.07) is 1.47. The molecule has 0 saturated heterocycles. The van der Waals surface area contributed by atoms with Gasteiger partial charge < -0.3 is 14.4 Å². The van der Waals surface area contributed by atoms with Crippen LogP contribution in [0.15, 0.2) is 29.1 Å². The van der Waals surface area contributed by atoms with Gasteiger partial charge in [0.25, 0.3) is 0 Å². The number of ether oxygens (including phenoxy) is 1. The van der Waals surface area contributed by atoms with E-state index in [0.29, 0.717) is 57.0 Å². The number of rotatable bonds is 8. The molecular weight excluding hydrogens is 503 g/mol. The van der Waals surface area contributed by atoms with Crippen LogP contribution in [0.3, 0.4) is 0 Å². The predicted molar refractivity (Wildman–Crippen MR) is 134 cm³/mol. The van der Waals surface area contributed by atoms with Crippen LogP contribution in [0.25, 0.3) is 17.3 Å². The summed E-state index contributed by atoms with van der Waals surface area (Å²) in [7, 11) is 1.69. The molecule has 1 N–H and O–H groups in total. The molecule has 3 fully saturated rings. The molecule has 8 nitrogen and oxygen atoms in total. The number of aromatic nitrogens is 4. The lowest BCUT2D eigenvalue weighted by atomic mass is 9.48. The van der Waals surface area contributed by atoms with Crippen LogP contribution in [-0.2, 0) is 7.05 Å². The van der Waals surface area contributed by atoms with Gasteiger partial charge in [-0.25, -0.2) is 9.48 Å². The van der Waals surface area contributed by atoms with Crippen molar-refractivity contribution in [2.24, 2.45) is 24.3 Å². The summed E-state index contributed by atoms with van der Waals surface area (Å²) >= 11 is 12.8. The van der Waals surface area contributed by atoms with Crippen LogP contribution in [0.1, 0.15) is 66.3 Å². The van der Waals surface area contributed by atoms with E-state index in [-0.39, 0.29) is 5.69 Å². The lowest BCUT2D eigenvalue weighted by Gasteiger charge is -2.57. The molecule has 3 aliphatic rings. The number of carboxylic acid groups (broad SMARTS) is 1. The summed E-state index contributed by atoms with van der Waals surface area (Å²) < 4.78 is 13.1. The Hall–Kier alpha value is -2.84. The highest BCUT2D eigenvalue weighted by atomic mass is 35.5. The first-order valence-electron chi connectivity index (χ1n) is 12.2. The van der Waals surface area contributed by atoms with Gasteiger partial charge in [-0.15, -0.1) is 0 Å². The molecule has 3 heterocycles. The normalized spacial score (nSPS) is 25.2. The third kappa shape index (κ3) is 4.30. The van der Waals surface area contributed by atoms with Crippen molar-refractivity contribution in [3.63, 3.8) is 0 Å². The van der Waals surface area contributed by atoms with E-state index in [2.05, 4.69) is 27.4 Å². The molecule has 0 amide bonds. The third-order valence-corrected chi connectivity index (χ3v) is 8.26. The SMILES string of the molecule is Cn1nc(C(=O)O)cc1OCC1CC2(CC(C=Cc3c(-c4c(Cl)cncc4Cl)noc3C3CC3)C2)C1. The Balaban J connectivity index is 1.07. The van der Waals surface area contributed by atoms with Crippen LogP contribution in [-0.4, -0.2) is 37.6 Å². The van der Waals surface area contributed by atoms with Crippen molar-refractivity contribution in [3.8, 4) is 17.1 Å². The Morgan fingerprint density at radius 2 is 1.97 bits per heavy atom. The minimum absolute atomic E-state index is 0.000461. The topological polar surface area (TPSA) is 103 Å². The number of nitrogens with zero attached hydrogens (tertiary/aromatic N) is 4. The summed E-state index contributed by atoms with van der Waals surface area (Å²) in [4.78, 5) is 15.1. The van der Waals surface area contributed by atoms with Gasteiger partial charge in [0.15, 0.2) is 5.69 Å². The first-order chi connectivity index (χ1) is 17.3. The fraction of sp³-hybridized carbons (Fsp3) is 0.462. The monoisotopic (exact) mass is 528 g/mol. The second kappa shape index (κ2) is 8.92. The Morgan fingerprint density at radius 3 is 2.61 bits per heavy atom. The fourth-order valence-corrected chi connectivity index (χ4v) is 6.40. The number of carbonyl (C=O) groups is 1. The van der Waals surface area contributed by atoms with Crippen molar-refractivity contribution in [2.75, 3.05) is 6.61 Å². The van der Waals surface area contributed by atoms with Gasteiger partial charge in [0.2, 0.25) is 5.88 Å². The molecule has 10 heteroatoms. The zero-order valence-corrected chi connectivity index (χ0v) is 21.3. The number of allylic oxidation sites excluding steroid dienone is 1. The van der Waals surface area contributed by atoms with Crippen LogP contribution < -0.4 is 4.74 Å². The van der Waals surface area contributed by atoms with Crippen LogP contribution in [0.4, 0.5) is 0 Å². The van der Waals surface area contributed by atoms with Gasteiger partial charge in [0.1, 0.15) is 11.5 Å². The molecule has 0 aromatic carbocycles. The number of hydrogen-bond donors (Lipinski definition) is 1. The van der Waals surface area contributed by atoms with Crippen molar-refractivity contribution < 1.29 is 19.2 Å². The first kappa shape index (κ1) is 23.6. The molecule has 188 valence electrons. The highest BCUT2D eigenvalue weighted by Crippen LogP contribution is 2.61. The average molecular weight is 529 g/mol. The molecule has 3 aliphatic carbocycles. The molecule has 36 heavy (non-hydrogen) atoms. The maximum atomic E-state index is 11.1. The van der Waals surface area contributed by atoms with Gasteiger partial charge in [-0.3, -0.25) is 4.98 Å². The van der Waals surface area contributed by atoms with Gasteiger partial charge >= 0.3 is 5.97 Å². The highest BCUT2D eigenvalue weighted by Gasteiger charge is 2.52. The summed E-state index contributed by atoms with van der Waals surface area (Å²) in [5, 5.41) is 18.3. The van der Waals surface area contributed by atoms with Gasteiger partial charge in [-0.2, -0.15) is 5.10 Å². The van der Waals surface area contributed by atoms with E-state index in [1.165, 1.54) is 10.7 Å². The standard InChI is InChI=1S/C26H26Cl2N4O4/c1-32-21(6-20(30-32)25(33)34)35-13-15-9-26(10-15)7-14(8-26)2-5-17-23(31-36-24(17)16-3-4-16)22-18(27)11-29-12-19(22)28/h2,5-6,11-12,14-16H,3-4,7-10,13H2,1H3,(H,33,34). The molecule has 0 bridgehead atoms. The number of hydrogen-bond acceptors (Lipinski definition) is 6. The minimum Gasteiger partial charge on any atom is -0.478 e. The molecular formula is C26H26Cl2N4O4. The van der Waals surface area contributed by atoms with E-state index >= 15 is 0 Å². The molecule has 3 aromatic rings. The van der Waals surface area contributed by atoms with E-state index in [1.807, 2.05) is 0 Å². The lowest BCUT2D eigenvalue weighted by Crippen LogP contribution is -2.48. The summed E-state index contributed by atoms with van der Waals surface area (Å²) in [5.41, 5.74) is 2.72. The zero-order chi connectivity index (χ0) is 25.0. The summed E-state index contributed by atoms with van der Waals surface area (Å²) in [6.07, 6.45) is 14.4. The summed E-state index contributed by atoms with van der Waals surface area (Å²) in [6.45, 7) is 0.586. The second-order valence-electron chi connectivity index (χ2n) is 10.5. The Labute approximate surface area is 218 Å². The minimum atomic E-state index is -1.05. The smallest absolute Gasteiger partial charge is 0.356 e. The molecule has 0 atom stereocenters. The molecule has 0 radical (unpaired) electrons. The average Bonchev–Trinajstić information content (AvgIpc) is 3.44. The van der Waals surface area contributed by atoms with Gasteiger partial charge in [0, 0.05) is 42.6 Å². The first-order valence-corrected chi connectivity index (χ1v) is 12.9. The number of aryl methyl sites for hydroxylation is 1. The van der Waals surface area contributed by atoms with E-state index in [0.717, 1.165) is 49.8 Å². The molecule has 6 rings (SSSR count). The van der Waals surface area contributed by atoms with Crippen molar-refractivity contribution in [1.29, 1.82) is 0 Å². The number of halogens is 2. The Bertz CT molecular complexity index is 1330. The molecule has 1 spiro atoms. The second-order valence-corrected chi connectivity index (χ2v) is 11.3. The maximum Gasteiger partial charge on any atom is 0.356 e. The van der Waals surface area contributed by atoms with E-state index in [9.17, 15) is 4.79 Å². The van der Waals surface area contributed by atoms with E-state index < -0.39 is 5.97 Å². The van der Waals surface area contributed by atoms with Gasteiger partial charge in [-0.05, 0) is 55.8 Å². The zero-order valence-electron chi connectivity index (χ0n) is 19.8. The number of aromatic carboxylic acids is 1. The number of carboxylic acids is 1. The summed E-state index contributed by atoms with van der Waals surface area (Å²) in [5.74, 6) is 1.78. The molecule has 0 unspecified atom stereocenters. The lowest BCUT2D eigenvalue weighted by molar-refractivity contribution is -0.0665. The van der Waals surface area contributed by atoms with Crippen LogP contribution in [0, 0.1) is 17.3 Å². The Morgan fingerprint density at radius 1 is 1.25 bits per heavy atom. The van der Waals surface area contributed by atoms with Crippen molar-refractivity contribution in [3.05, 3.63) is 51.6 Å². The molecule has 3 saturated carbocycles. The van der Waals surface area contributed by atoms with Crippen LogP contribution >= 0.6 is 23.2 Å². The van der Waals surface area contributed by atoms with Crippen LogP contribution in [0.5, 0.6) is 5.88 Å². The van der Waals surface area contributed by atoms with Crippen molar-refractivity contribution in [2.45, 2.75) is 44.4 Å². The van der Waals surface area contributed by atoms with Crippen LogP contribution in [0.2, 0.25) is 10.0 Å².